The molecule has 1 aromatic heterocycles. The minimum Gasteiger partial charge on any atom is -0.368 e. The second-order valence-corrected chi connectivity index (χ2v) is 4.06. The van der Waals surface area contributed by atoms with Crippen molar-refractivity contribution in [3.63, 3.8) is 0 Å². The predicted octanol–water partition coefficient (Wildman–Crippen LogP) is 2.34. The van der Waals surface area contributed by atoms with Crippen LogP contribution in [0.3, 0.4) is 0 Å². The summed E-state index contributed by atoms with van der Waals surface area (Å²) in [6.07, 6.45) is 3.76. The molecule has 84 valence electrons. The Morgan fingerprint density at radius 1 is 1.60 bits per heavy atom. The zero-order valence-electron chi connectivity index (χ0n) is 9.37. The Balaban J connectivity index is 2.89. The molecule has 0 aromatic carbocycles. The van der Waals surface area contributed by atoms with E-state index in [1.165, 1.54) is 6.20 Å². The molecule has 0 aliphatic carbocycles. The average Bonchev–Trinajstić information content (AvgIpc) is 2.21. The van der Waals surface area contributed by atoms with E-state index in [1.807, 2.05) is 11.9 Å². The van der Waals surface area contributed by atoms with E-state index in [2.05, 4.69) is 23.8 Å². The van der Waals surface area contributed by atoms with Crippen LogP contribution in [0.15, 0.2) is 6.20 Å². The van der Waals surface area contributed by atoms with Crippen molar-refractivity contribution in [3.8, 4) is 0 Å². The number of hydrogen-bond acceptors (Lipinski definition) is 4. The SMILES string of the molecule is CCCC(C)N(C)c1nc(N)ncc1Cl. The highest BCUT2D eigenvalue weighted by Gasteiger charge is 2.14. The van der Waals surface area contributed by atoms with Crippen LogP contribution in [0, 0.1) is 0 Å². The first-order valence-corrected chi connectivity index (χ1v) is 5.45. The standard InChI is InChI=1S/C10H17ClN4/c1-4-5-7(2)15(3)9-8(11)6-13-10(12)14-9/h6-7H,4-5H2,1-3H3,(H2,12,13,14). The van der Waals surface area contributed by atoms with E-state index in [9.17, 15) is 0 Å². The van der Waals surface area contributed by atoms with E-state index >= 15 is 0 Å². The molecule has 4 nitrogen and oxygen atoms in total. The van der Waals surface area contributed by atoms with Crippen molar-refractivity contribution in [2.75, 3.05) is 17.7 Å². The molecule has 1 rings (SSSR count). The third-order valence-corrected chi connectivity index (χ3v) is 2.71. The van der Waals surface area contributed by atoms with E-state index in [4.69, 9.17) is 17.3 Å². The molecule has 1 heterocycles. The van der Waals surface area contributed by atoms with Crippen molar-refractivity contribution in [1.82, 2.24) is 9.97 Å². The molecule has 0 bridgehead atoms. The van der Waals surface area contributed by atoms with Gasteiger partial charge in [0.25, 0.3) is 0 Å². The lowest BCUT2D eigenvalue weighted by Crippen LogP contribution is -2.29. The normalized spacial score (nSPS) is 12.5. The fourth-order valence-electron chi connectivity index (χ4n) is 1.44. The molecule has 15 heavy (non-hydrogen) atoms. The third-order valence-electron chi connectivity index (χ3n) is 2.45. The Hall–Kier alpha value is -1.03. The summed E-state index contributed by atoms with van der Waals surface area (Å²) in [5.41, 5.74) is 5.53. The van der Waals surface area contributed by atoms with E-state index < -0.39 is 0 Å². The number of aromatic nitrogens is 2. The van der Waals surface area contributed by atoms with Crippen molar-refractivity contribution >= 4 is 23.4 Å². The number of halogens is 1. The van der Waals surface area contributed by atoms with Gasteiger partial charge in [0, 0.05) is 13.1 Å². The minimum atomic E-state index is 0.255. The summed E-state index contributed by atoms with van der Waals surface area (Å²) in [5, 5.41) is 0.537. The fourth-order valence-corrected chi connectivity index (χ4v) is 1.66. The minimum absolute atomic E-state index is 0.255. The summed E-state index contributed by atoms with van der Waals surface area (Å²) in [6.45, 7) is 4.29. The molecule has 0 radical (unpaired) electrons. The van der Waals surface area contributed by atoms with Crippen LogP contribution in [0.2, 0.25) is 5.02 Å². The smallest absolute Gasteiger partial charge is 0.222 e. The number of nitrogen functional groups attached to an aromatic ring is 1. The lowest BCUT2D eigenvalue weighted by atomic mass is 10.2. The van der Waals surface area contributed by atoms with Gasteiger partial charge in [-0.25, -0.2) is 4.98 Å². The van der Waals surface area contributed by atoms with Crippen LogP contribution >= 0.6 is 11.6 Å². The van der Waals surface area contributed by atoms with E-state index in [0.717, 1.165) is 12.8 Å². The van der Waals surface area contributed by atoms with Crippen LogP contribution < -0.4 is 10.6 Å². The number of anilines is 2. The molecule has 0 fully saturated rings. The lowest BCUT2D eigenvalue weighted by molar-refractivity contribution is 0.611. The van der Waals surface area contributed by atoms with Crippen molar-refractivity contribution in [3.05, 3.63) is 11.2 Å². The highest BCUT2D eigenvalue weighted by Crippen LogP contribution is 2.24. The van der Waals surface area contributed by atoms with Gasteiger partial charge in [-0.1, -0.05) is 24.9 Å². The number of nitrogens with zero attached hydrogens (tertiary/aromatic N) is 3. The van der Waals surface area contributed by atoms with E-state index in [1.54, 1.807) is 0 Å². The summed E-state index contributed by atoms with van der Waals surface area (Å²) >= 11 is 6.01. The number of nitrogens with two attached hydrogens (primary N) is 1. The first kappa shape index (κ1) is 12.0. The number of rotatable bonds is 4. The Labute approximate surface area is 95.5 Å². The zero-order valence-corrected chi connectivity index (χ0v) is 10.1. The monoisotopic (exact) mass is 228 g/mol. The van der Waals surface area contributed by atoms with Crippen molar-refractivity contribution in [1.29, 1.82) is 0 Å². The van der Waals surface area contributed by atoms with Crippen molar-refractivity contribution < 1.29 is 0 Å². The van der Waals surface area contributed by atoms with Crippen LogP contribution in [0.5, 0.6) is 0 Å². The Bertz CT molecular complexity index is 329. The topological polar surface area (TPSA) is 55.0 Å². The zero-order chi connectivity index (χ0) is 11.4. The van der Waals surface area contributed by atoms with Crippen LogP contribution in [-0.4, -0.2) is 23.1 Å². The quantitative estimate of drug-likeness (QED) is 0.860. The van der Waals surface area contributed by atoms with Gasteiger partial charge in [-0.15, -0.1) is 0 Å². The highest BCUT2D eigenvalue weighted by atomic mass is 35.5. The van der Waals surface area contributed by atoms with Crippen LogP contribution in [0.25, 0.3) is 0 Å². The first-order chi connectivity index (χ1) is 7.06. The molecule has 0 aliphatic rings. The van der Waals surface area contributed by atoms with Gasteiger partial charge in [0.15, 0.2) is 5.82 Å². The van der Waals surface area contributed by atoms with Crippen molar-refractivity contribution in [2.24, 2.45) is 0 Å². The van der Waals surface area contributed by atoms with E-state index in [0.29, 0.717) is 16.9 Å². The van der Waals surface area contributed by atoms with Gasteiger partial charge in [-0.3, -0.25) is 0 Å². The summed E-state index contributed by atoms with van der Waals surface area (Å²) in [6, 6.07) is 0.391. The van der Waals surface area contributed by atoms with Crippen molar-refractivity contribution in [2.45, 2.75) is 32.7 Å². The van der Waals surface area contributed by atoms with E-state index in [-0.39, 0.29) is 5.95 Å². The summed E-state index contributed by atoms with van der Waals surface area (Å²) < 4.78 is 0. The molecule has 1 unspecified atom stereocenters. The molecular weight excluding hydrogens is 212 g/mol. The van der Waals surface area contributed by atoms with Crippen LogP contribution in [0.1, 0.15) is 26.7 Å². The Morgan fingerprint density at radius 2 is 2.27 bits per heavy atom. The van der Waals surface area contributed by atoms with Gasteiger partial charge >= 0.3 is 0 Å². The molecule has 0 spiro atoms. The maximum atomic E-state index is 6.01. The molecule has 0 amide bonds. The molecule has 2 N–H and O–H groups in total. The maximum Gasteiger partial charge on any atom is 0.222 e. The fraction of sp³-hybridized carbons (Fsp3) is 0.600. The predicted molar refractivity (Wildman–Crippen MR) is 64.2 cm³/mol. The first-order valence-electron chi connectivity index (χ1n) is 5.07. The Morgan fingerprint density at radius 3 is 2.87 bits per heavy atom. The maximum absolute atomic E-state index is 6.01. The van der Waals surface area contributed by atoms with Gasteiger partial charge in [0.05, 0.1) is 6.20 Å². The Kier molecular flexibility index (Phi) is 4.15. The second kappa shape index (κ2) is 5.16. The molecule has 5 heteroatoms. The molecule has 0 aliphatic heterocycles. The summed E-state index contributed by atoms with van der Waals surface area (Å²) in [7, 11) is 1.97. The van der Waals surface area contributed by atoms with Gasteiger partial charge in [-0.05, 0) is 13.3 Å². The molecular formula is C10H17ClN4. The molecule has 0 saturated carbocycles. The molecule has 1 atom stereocenters. The van der Waals surface area contributed by atoms with Crippen LogP contribution in [0.4, 0.5) is 11.8 Å². The lowest BCUT2D eigenvalue weighted by Gasteiger charge is -2.26. The molecule has 0 saturated heterocycles. The third kappa shape index (κ3) is 2.96. The van der Waals surface area contributed by atoms with Gasteiger partial charge in [0.1, 0.15) is 5.02 Å². The van der Waals surface area contributed by atoms with Gasteiger partial charge in [0.2, 0.25) is 5.95 Å². The average molecular weight is 229 g/mol. The summed E-state index contributed by atoms with van der Waals surface area (Å²) in [5.74, 6) is 0.954. The second-order valence-electron chi connectivity index (χ2n) is 3.65. The highest BCUT2D eigenvalue weighted by molar-refractivity contribution is 6.32. The largest absolute Gasteiger partial charge is 0.368 e. The number of hydrogen-bond donors (Lipinski definition) is 1. The van der Waals surface area contributed by atoms with Gasteiger partial charge < -0.3 is 10.6 Å². The van der Waals surface area contributed by atoms with Crippen LogP contribution in [-0.2, 0) is 0 Å². The van der Waals surface area contributed by atoms with Gasteiger partial charge in [-0.2, -0.15) is 4.98 Å². The molecule has 1 aromatic rings. The summed E-state index contributed by atoms with van der Waals surface area (Å²) in [4.78, 5) is 10.0.